The quantitative estimate of drug-likeness (QED) is 0.635. The predicted molar refractivity (Wildman–Crippen MR) is 84.1 cm³/mol. The smallest absolute Gasteiger partial charge is 0.138 e. The molecule has 3 rings (SSSR count). The first kappa shape index (κ1) is 13.0. The molecule has 0 spiro atoms. The summed E-state index contributed by atoms with van der Waals surface area (Å²) in [4.78, 5) is 5.39. The minimum absolute atomic E-state index is 0.855. The van der Waals surface area contributed by atoms with Crippen molar-refractivity contribution in [1.82, 2.24) is 4.98 Å². The monoisotopic (exact) mass is 281 g/mol. The highest BCUT2D eigenvalue weighted by molar-refractivity contribution is 7.95. The largest absolute Gasteiger partial charge is 0.421 e. The summed E-state index contributed by atoms with van der Waals surface area (Å²) >= 11 is 1.38. The Hall–Kier alpha value is -2.00. The molecular weight excluding hydrogens is 266 g/mol. The van der Waals surface area contributed by atoms with Crippen LogP contribution in [0.25, 0.3) is 10.8 Å². The number of aromatic nitrogens is 1. The van der Waals surface area contributed by atoms with Crippen LogP contribution in [0.3, 0.4) is 0 Å². The molecule has 3 aromatic rings. The SMILES string of the molecule is Cc1ccc(SOc2ccc3c(C)nccc3c2)cc1. The third kappa shape index (κ3) is 2.78. The van der Waals surface area contributed by atoms with E-state index >= 15 is 0 Å². The molecule has 0 aliphatic rings. The lowest BCUT2D eigenvalue weighted by Gasteiger charge is -2.06. The zero-order valence-corrected chi connectivity index (χ0v) is 12.3. The minimum atomic E-state index is 0.855. The van der Waals surface area contributed by atoms with Crippen LogP contribution in [0, 0.1) is 13.8 Å². The lowest BCUT2D eigenvalue weighted by atomic mass is 10.1. The summed E-state index contributed by atoms with van der Waals surface area (Å²) < 4.78 is 5.78. The molecule has 20 heavy (non-hydrogen) atoms. The Kier molecular flexibility index (Phi) is 3.61. The van der Waals surface area contributed by atoms with Gasteiger partial charge in [0.1, 0.15) is 5.75 Å². The number of rotatable bonds is 3. The molecule has 0 fully saturated rings. The molecular formula is C17H15NOS. The highest BCUT2D eigenvalue weighted by Crippen LogP contribution is 2.27. The van der Waals surface area contributed by atoms with Gasteiger partial charge in [-0.25, -0.2) is 0 Å². The Morgan fingerprint density at radius 2 is 1.75 bits per heavy atom. The molecule has 0 radical (unpaired) electrons. The van der Waals surface area contributed by atoms with E-state index in [-0.39, 0.29) is 0 Å². The van der Waals surface area contributed by atoms with Gasteiger partial charge >= 0.3 is 0 Å². The molecule has 0 aliphatic carbocycles. The molecule has 0 aliphatic heterocycles. The first-order valence-corrected chi connectivity index (χ1v) is 7.23. The summed E-state index contributed by atoms with van der Waals surface area (Å²) in [6.07, 6.45) is 1.83. The van der Waals surface area contributed by atoms with Gasteiger partial charge in [0.15, 0.2) is 0 Å². The molecule has 1 aromatic heterocycles. The van der Waals surface area contributed by atoms with Crippen molar-refractivity contribution in [3.8, 4) is 5.75 Å². The highest BCUT2D eigenvalue weighted by Gasteiger charge is 2.02. The maximum absolute atomic E-state index is 5.78. The van der Waals surface area contributed by atoms with Crippen LogP contribution in [-0.2, 0) is 0 Å². The predicted octanol–water partition coefficient (Wildman–Crippen LogP) is 4.94. The van der Waals surface area contributed by atoms with Crippen LogP contribution >= 0.6 is 12.0 Å². The fourth-order valence-electron chi connectivity index (χ4n) is 2.05. The molecule has 0 amide bonds. The number of fused-ring (bicyclic) bond motifs is 1. The summed E-state index contributed by atoms with van der Waals surface area (Å²) in [5.74, 6) is 0.855. The van der Waals surface area contributed by atoms with Crippen molar-refractivity contribution in [2.24, 2.45) is 0 Å². The molecule has 0 atom stereocenters. The second-order valence-electron chi connectivity index (χ2n) is 4.76. The normalized spacial score (nSPS) is 10.7. The van der Waals surface area contributed by atoms with Gasteiger partial charge in [0.2, 0.25) is 0 Å². The van der Waals surface area contributed by atoms with E-state index in [4.69, 9.17) is 4.18 Å². The van der Waals surface area contributed by atoms with Crippen LogP contribution in [-0.4, -0.2) is 4.98 Å². The van der Waals surface area contributed by atoms with E-state index in [0.717, 1.165) is 21.7 Å². The van der Waals surface area contributed by atoms with Gasteiger partial charge in [-0.05, 0) is 55.6 Å². The standard InChI is InChI=1S/C17H15NOS/c1-12-3-6-16(7-4-12)20-19-15-5-8-17-13(2)18-10-9-14(17)11-15/h3-11H,1-2H3. The summed E-state index contributed by atoms with van der Waals surface area (Å²) in [7, 11) is 0. The molecule has 0 bridgehead atoms. The lowest BCUT2D eigenvalue weighted by Crippen LogP contribution is -1.86. The highest BCUT2D eigenvalue weighted by atomic mass is 32.2. The lowest BCUT2D eigenvalue weighted by molar-refractivity contribution is 0.647. The van der Waals surface area contributed by atoms with Gasteiger partial charge < -0.3 is 4.18 Å². The van der Waals surface area contributed by atoms with Gasteiger partial charge in [0.05, 0.1) is 12.0 Å². The Morgan fingerprint density at radius 1 is 0.950 bits per heavy atom. The van der Waals surface area contributed by atoms with Crippen LogP contribution in [0.4, 0.5) is 0 Å². The van der Waals surface area contributed by atoms with Gasteiger partial charge in [0.25, 0.3) is 0 Å². The average Bonchev–Trinajstić information content (AvgIpc) is 2.47. The van der Waals surface area contributed by atoms with Crippen LogP contribution in [0.15, 0.2) is 59.6 Å². The summed E-state index contributed by atoms with van der Waals surface area (Å²) in [5, 5.41) is 2.32. The molecule has 1 heterocycles. The van der Waals surface area contributed by atoms with Gasteiger partial charge in [-0.2, -0.15) is 0 Å². The third-order valence-electron chi connectivity index (χ3n) is 3.19. The number of hydrogen-bond acceptors (Lipinski definition) is 3. The van der Waals surface area contributed by atoms with Crippen molar-refractivity contribution in [3.05, 3.63) is 66.0 Å². The van der Waals surface area contributed by atoms with Gasteiger partial charge in [0, 0.05) is 22.2 Å². The second kappa shape index (κ2) is 5.55. The molecule has 2 nitrogen and oxygen atoms in total. The number of benzene rings is 2. The van der Waals surface area contributed by atoms with E-state index in [9.17, 15) is 0 Å². The molecule has 2 aromatic carbocycles. The summed E-state index contributed by atoms with van der Waals surface area (Å²) in [6, 6.07) is 16.4. The van der Waals surface area contributed by atoms with Gasteiger partial charge in [-0.1, -0.05) is 17.7 Å². The summed E-state index contributed by atoms with van der Waals surface area (Å²) in [5.41, 5.74) is 2.29. The molecule has 100 valence electrons. The first-order valence-electron chi connectivity index (χ1n) is 6.49. The van der Waals surface area contributed by atoms with Crippen molar-refractivity contribution in [2.75, 3.05) is 0 Å². The van der Waals surface area contributed by atoms with Gasteiger partial charge in [-0.15, -0.1) is 0 Å². The maximum atomic E-state index is 5.78. The van der Waals surface area contributed by atoms with E-state index in [0.29, 0.717) is 0 Å². The Balaban J connectivity index is 1.79. The van der Waals surface area contributed by atoms with E-state index in [1.807, 2.05) is 31.3 Å². The summed E-state index contributed by atoms with van der Waals surface area (Å²) in [6.45, 7) is 4.10. The Labute approximate surface area is 123 Å². The van der Waals surface area contributed by atoms with Crippen LogP contribution in [0.2, 0.25) is 0 Å². The Bertz CT molecular complexity index is 738. The van der Waals surface area contributed by atoms with Crippen LogP contribution < -0.4 is 4.18 Å². The number of hydrogen-bond donors (Lipinski definition) is 0. The maximum Gasteiger partial charge on any atom is 0.138 e. The van der Waals surface area contributed by atoms with Crippen molar-refractivity contribution in [3.63, 3.8) is 0 Å². The number of nitrogens with zero attached hydrogens (tertiary/aromatic N) is 1. The van der Waals surface area contributed by atoms with E-state index in [1.54, 1.807) is 0 Å². The zero-order chi connectivity index (χ0) is 13.9. The van der Waals surface area contributed by atoms with Crippen molar-refractivity contribution in [1.29, 1.82) is 0 Å². The molecule has 0 N–H and O–H groups in total. The molecule has 0 unspecified atom stereocenters. The molecule has 3 heteroatoms. The van der Waals surface area contributed by atoms with E-state index in [1.165, 1.54) is 23.0 Å². The average molecular weight is 281 g/mol. The Morgan fingerprint density at radius 3 is 2.55 bits per heavy atom. The molecule has 0 saturated carbocycles. The van der Waals surface area contributed by atoms with Gasteiger partial charge in [-0.3, -0.25) is 4.98 Å². The number of aryl methyl sites for hydroxylation is 2. The van der Waals surface area contributed by atoms with Crippen molar-refractivity contribution >= 4 is 22.8 Å². The number of pyridine rings is 1. The van der Waals surface area contributed by atoms with E-state index < -0.39 is 0 Å². The van der Waals surface area contributed by atoms with Crippen molar-refractivity contribution < 1.29 is 4.18 Å². The fraction of sp³-hybridized carbons (Fsp3) is 0.118. The minimum Gasteiger partial charge on any atom is -0.421 e. The first-order chi connectivity index (χ1) is 9.72. The van der Waals surface area contributed by atoms with E-state index in [2.05, 4.69) is 42.2 Å². The van der Waals surface area contributed by atoms with Crippen molar-refractivity contribution in [2.45, 2.75) is 18.7 Å². The van der Waals surface area contributed by atoms with Crippen LogP contribution in [0.5, 0.6) is 5.75 Å². The second-order valence-corrected chi connectivity index (χ2v) is 5.56. The van der Waals surface area contributed by atoms with Crippen LogP contribution in [0.1, 0.15) is 11.3 Å². The third-order valence-corrected chi connectivity index (χ3v) is 3.93. The topological polar surface area (TPSA) is 22.1 Å². The molecule has 0 saturated heterocycles. The zero-order valence-electron chi connectivity index (χ0n) is 11.5. The fourth-order valence-corrected chi connectivity index (χ4v) is 2.59.